The van der Waals surface area contributed by atoms with Crippen LogP contribution in [0.1, 0.15) is 13.3 Å². The fourth-order valence-corrected chi connectivity index (χ4v) is 0. The van der Waals surface area contributed by atoms with Crippen LogP contribution >= 0.6 is 10.7 Å². The van der Waals surface area contributed by atoms with Crippen molar-refractivity contribution in [3.05, 3.63) is 0 Å². The van der Waals surface area contributed by atoms with E-state index in [4.69, 9.17) is 5.11 Å². The molecule has 0 aliphatic carbocycles. The number of aliphatic hydroxyl groups excluding tert-OH is 1. The molecule has 0 amide bonds. The summed E-state index contributed by atoms with van der Waals surface area (Å²) in [5, 5.41) is 7.88. The SMILES string of the molecule is CCCO.[S-]Cl.[Ti]. The minimum absolute atomic E-state index is 0. The molecular weight excluding hydrogens is 167 g/mol. The molecule has 0 fully saturated rings. The molecule has 0 atom stereocenters. The summed E-state index contributed by atoms with van der Waals surface area (Å²) < 4.78 is 0. The predicted molar refractivity (Wildman–Crippen MR) is 30.6 cm³/mol. The van der Waals surface area contributed by atoms with Gasteiger partial charge in [0.2, 0.25) is 0 Å². The molecule has 0 saturated carbocycles. The average molecular weight is 175 g/mol. The zero-order chi connectivity index (χ0) is 5.41. The van der Waals surface area contributed by atoms with E-state index in [9.17, 15) is 0 Å². The van der Waals surface area contributed by atoms with Crippen molar-refractivity contribution in [1.29, 1.82) is 0 Å². The summed E-state index contributed by atoms with van der Waals surface area (Å²) in [6.45, 7) is 2.25. The molecule has 7 heavy (non-hydrogen) atoms. The molecule has 1 N–H and O–H groups in total. The first kappa shape index (κ1) is 15.7. The van der Waals surface area contributed by atoms with Gasteiger partial charge in [-0.2, -0.15) is 0 Å². The van der Waals surface area contributed by atoms with E-state index >= 15 is 0 Å². The third kappa shape index (κ3) is 38.6. The third-order valence-corrected chi connectivity index (χ3v) is 0.224. The zero-order valence-electron chi connectivity index (χ0n) is 4.15. The fourth-order valence-electron chi connectivity index (χ4n) is 0. The van der Waals surface area contributed by atoms with Crippen LogP contribution in [0.4, 0.5) is 0 Å². The molecule has 1 nitrogen and oxygen atoms in total. The smallest absolute Gasteiger partial charge is 0.0428 e. The van der Waals surface area contributed by atoms with Crippen LogP contribution in [-0.2, 0) is 33.6 Å². The van der Waals surface area contributed by atoms with Gasteiger partial charge < -0.3 is 27.6 Å². The summed E-state index contributed by atoms with van der Waals surface area (Å²) in [4.78, 5) is 0. The minimum Gasteiger partial charge on any atom is -0.680 e. The Labute approximate surface area is 69.2 Å². The number of rotatable bonds is 1. The summed E-state index contributed by atoms with van der Waals surface area (Å²) >= 11 is 3.56. The second-order valence-corrected chi connectivity index (χ2v) is 0.724. The van der Waals surface area contributed by atoms with Crippen LogP contribution in [0.3, 0.4) is 0 Å². The average Bonchev–Trinajstić information content (AvgIpc) is 1.72. The van der Waals surface area contributed by atoms with Crippen molar-refractivity contribution in [2.45, 2.75) is 13.3 Å². The van der Waals surface area contributed by atoms with Gasteiger partial charge in [0.25, 0.3) is 0 Å². The monoisotopic (exact) mass is 175 g/mol. The van der Waals surface area contributed by atoms with Gasteiger partial charge in [-0.25, -0.2) is 0 Å². The first-order valence-electron chi connectivity index (χ1n) is 1.68. The van der Waals surface area contributed by atoms with Crippen molar-refractivity contribution in [2.24, 2.45) is 0 Å². The quantitative estimate of drug-likeness (QED) is 0.475. The van der Waals surface area contributed by atoms with Crippen molar-refractivity contribution in [3.63, 3.8) is 0 Å². The topological polar surface area (TPSA) is 20.2 Å². The Kier molecular flexibility index (Phi) is 59.7. The van der Waals surface area contributed by atoms with Crippen LogP contribution in [0.2, 0.25) is 0 Å². The molecule has 44 valence electrons. The van der Waals surface area contributed by atoms with Gasteiger partial charge >= 0.3 is 0 Å². The van der Waals surface area contributed by atoms with E-state index in [0.717, 1.165) is 6.42 Å². The van der Waals surface area contributed by atoms with Gasteiger partial charge in [0, 0.05) is 28.3 Å². The number of hydrogen-bond acceptors (Lipinski definition) is 2. The molecule has 0 heterocycles. The van der Waals surface area contributed by atoms with E-state index in [1.165, 1.54) is 0 Å². The van der Waals surface area contributed by atoms with Crippen LogP contribution < -0.4 is 0 Å². The maximum atomic E-state index is 7.88. The number of aliphatic hydroxyl groups is 1. The summed E-state index contributed by atoms with van der Waals surface area (Å²) in [5.41, 5.74) is 0. The molecule has 0 aromatic carbocycles. The second-order valence-electron chi connectivity index (χ2n) is 0.724. The van der Waals surface area contributed by atoms with E-state index in [2.05, 4.69) is 22.5 Å². The molecular formula is C3H8ClOSTi-. The molecule has 0 aromatic rings. The summed E-state index contributed by atoms with van der Waals surface area (Å²) in [7, 11) is 4.22. The normalized spacial score (nSPS) is 5.14. The van der Waals surface area contributed by atoms with Gasteiger partial charge in [0.1, 0.15) is 0 Å². The summed E-state index contributed by atoms with van der Waals surface area (Å²) in [5.74, 6) is 0. The van der Waals surface area contributed by atoms with Gasteiger partial charge in [0.15, 0.2) is 0 Å². The fraction of sp³-hybridized carbons (Fsp3) is 1.00. The summed E-state index contributed by atoms with van der Waals surface area (Å²) in [6.07, 6.45) is 0.875. The van der Waals surface area contributed by atoms with Crippen molar-refractivity contribution in [3.8, 4) is 0 Å². The van der Waals surface area contributed by atoms with Gasteiger partial charge in [-0.15, -0.1) is 0 Å². The largest absolute Gasteiger partial charge is 0.680 e. The Morgan fingerprint density at radius 2 is 1.71 bits per heavy atom. The van der Waals surface area contributed by atoms with Crippen LogP contribution in [0.15, 0.2) is 0 Å². The molecule has 0 radical (unpaired) electrons. The Morgan fingerprint density at radius 3 is 1.71 bits per heavy atom. The van der Waals surface area contributed by atoms with Crippen LogP contribution in [0.5, 0.6) is 0 Å². The van der Waals surface area contributed by atoms with Crippen LogP contribution in [0, 0.1) is 0 Å². The maximum absolute atomic E-state index is 7.88. The molecule has 0 spiro atoms. The van der Waals surface area contributed by atoms with Crippen molar-refractivity contribution in [1.82, 2.24) is 0 Å². The van der Waals surface area contributed by atoms with E-state index in [1.54, 1.807) is 0 Å². The first-order valence-corrected chi connectivity index (χ1v) is 2.91. The Balaban J connectivity index is -0.0000000480. The van der Waals surface area contributed by atoms with Gasteiger partial charge in [-0.3, -0.25) is 0 Å². The van der Waals surface area contributed by atoms with Crippen molar-refractivity contribution < 1.29 is 26.8 Å². The van der Waals surface area contributed by atoms with Crippen LogP contribution in [-0.4, -0.2) is 11.7 Å². The molecule has 0 rings (SSSR count). The molecule has 0 aliphatic rings. The molecule has 0 bridgehead atoms. The molecule has 0 saturated heterocycles. The van der Waals surface area contributed by atoms with E-state index < -0.39 is 0 Å². The Morgan fingerprint density at radius 1 is 1.57 bits per heavy atom. The third-order valence-electron chi connectivity index (χ3n) is 0.224. The van der Waals surface area contributed by atoms with E-state index in [-0.39, 0.29) is 21.7 Å². The standard InChI is InChI=1S/C3H8O.ClS.Ti/c1-2-3-4;1-2;/h4H,2-3H2,1H3;;/q;-1;. The second kappa shape index (κ2) is 26.5. The molecule has 0 aliphatic heterocycles. The number of hydrogen-bond donors (Lipinski definition) is 1. The number of halogens is 1. The van der Waals surface area contributed by atoms with E-state index in [1.807, 2.05) is 6.92 Å². The molecule has 4 heteroatoms. The van der Waals surface area contributed by atoms with Crippen molar-refractivity contribution >= 4 is 22.5 Å². The molecule has 0 unspecified atom stereocenters. The Bertz CT molecular complexity index is 16.9. The first-order chi connectivity index (χ1) is 2.91. The predicted octanol–water partition coefficient (Wildman–Crippen LogP) is 1.07. The summed E-state index contributed by atoms with van der Waals surface area (Å²) in [6, 6.07) is 0. The van der Waals surface area contributed by atoms with Crippen molar-refractivity contribution in [2.75, 3.05) is 6.61 Å². The minimum atomic E-state index is 0. The van der Waals surface area contributed by atoms with Gasteiger partial charge in [-0.1, -0.05) is 6.92 Å². The molecule has 0 aromatic heterocycles. The van der Waals surface area contributed by atoms with Gasteiger partial charge in [-0.05, 0) is 6.42 Å². The zero-order valence-corrected chi connectivity index (χ0v) is 7.28. The Hall–Kier alpha value is 1.31. The van der Waals surface area contributed by atoms with E-state index in [0.29, 0.717) is 6.61 Å². The maximum Gasteiger partial charge on any atom is 0.0428 e. The van der Waals surface area contributed by atoms with Crippen LogP contribution in [0.25, 0.3) is 0 Å². The van der Waals surface area contributed by atoms with Gasteiger partial charge in [0.05, 0.1) is 0 Å².